The van der Waals surface area contributed by atoms with Gasteiger partial charge in [0, 0.05) is 6.42 Å². The average molecular weight is 637 g/mol. The molecule has 1 aliphatic rings. The van der Waals surface area contributed by atoms with Crippen LogP contribution in [0.1, 0.15) is 115 Å². The molecule has 0 radical (unpaired) electrons. The molecule has 0 spiro atoms. The van der Waals surface area contributed by atoms with Crippen LogP contribution >= 0.6 is 0 Å². The van der Waals surface area contributed by atoms with Gasteiger partial charge in [0.1, 0.15) is 12.4 Å². The first-order valence-corrected chi connectivity index (χ1v) is 17.2. The molecular formula is C42H52O5. The quantitative estimate of drug-likeness (QED) is 0.143. The molecule has 2 N–H and O–H groups in total. The van der Waals surface area contributed by atoms with Crippen molar-refractivity contribution in [2.75, 3.05) is 0 Å². The SMILES string of the molecule is CC1CCCc2cc(C(=O)O)ccc21.CCCCCC(=O)O.CCCc1ccccc1OCc1cccc(CCc2ccccc2)c1. The fourth-order valence-corrected chi connectivity index (χ4v) is 5.81. The van der Waals surface area contributed by atoms with Gasteiger partial charge >= 0.3 is 11.9 Å². The molecule has 0 fully saturated rings. The summed E-state index contributed by atoms with van der Waals surface area (Å²) < 4.78 is 6.09. The van der Waals surface area contributed by atoms with Gasteiger partial charge in [0.25, 0.3) is 0 Å². The number of carbonyl (C=O) groups is 2. The van der Waals surface area contributed by atoms with Crippen molar-refractivity contribution in [3.8, 4) is 5.75 Å². The van der Waals surface area contributed by atoms with E-state index in [1.54, 1.807) is 6.07 Å². The first kappa shape index (κ1) is 37.1. The lowest BCUT2D eigenvalue weighted by Gasteiger charge is -2.22. The minimum atomic E-state index is -0.828. The van der Waals surface area contributed by atoms with Gasteiger partial charge in [-0.3, -0.25) is 4.79 Å². The van der Waals surface area contributed by atoms with Crippen molar-refractivity contribution in [3.63, 3.8) is 0 Å². The lowest BCUT2D eigenvalue weighted by Crippen LogP contribution is -2.08. The summed E-state index contributed by atoms with van der Waals surface area (Å²) in [5, 5.41) is 17.0. The van der Waals surface area contributed by atoms with Crippen molar-refractivity contribution < 1.29 is 24.5 Å². The molecule has 1 atom stereocenters. The molecule has 4 aromatic carbocycles. The Bertz CT molecular complexity index is 1510. The molecule has 5 heteroatoms. The van der Waals surface area contributed by atoms with Crippen molar-refractivity contribution in [1.82, 2.24) is 0 Å². The molecule has 1 unspecified atom stereocenters. The molecule has 0 aliphatic heterocycles. The van der Waals surface area contributed by atoms with Crippen LogP contribution in [0.5, 0.6) is 5.75 Å². The van der Waals surface area contributed by atoms with E-state index >= 15 is 0 Å². The molecule has 250 valence electrons. The Kier molecular flexibility index (Phi) is 16.3. The zero-order valence-corrected chi connectivity index (χ0v) is 28.4. The number of rotatable bonds is 13. The molecule has 0 saturated carbocycles. The highest BCUT2D eigenvalue weighted by atomic mass is 16.5. The van der Waals surface area contributed by atoms with Crippen LogP contribution in [0, 0.1) is 0 Å². The number of aryl methyl sites for hydroxylation is 4. The Labute approximate surface area is 281 Å². The number of carboxylic acids is 2. The number of benzene rings is 4. The Morgan fingerprint density at radius 3 is 2.17 bits per heavy atom. The topological polar surface area (TPSA) is 83.8 Å². The second-order valence-corrected chi connectivity index (χ2v) is 12.3. The summed E-state index contributed by atoms with van der Waals surface area (Å²) in [4.78, 5) is 20.6. The van der Waals surface area contributed by atoms with Crippen LogP contribution in [-0.4, -0.2) is 22.2 Å². The molecule has 0 bridgehead atoms. The summed E-state index contributed by atoms with van der Waals surface area (Å²) in [5.74, 6) is 0.0881. The highest BCUT2D eigenvalue weighted by molar-refractivity contribution is 5.88. The molecule has 0 aromatic heterocycles. The van der Waals surface area contributed by atoms with E-state index in [0.29, 0.717) is 24.5 Å². The summed E-state index contributed by atoms with van der Waals surface area (Å²) >= 11 is 0. The van der Waals surface area contributed by atoms with Crippen LogP contribution in [0.4, 0.5) is 0 Å². The fourth-order valence-electron chi connectivity index (χ4n) is 5.81. The van der Waals surface area contributed by atoms with Crippen LogP contribution in [0.3, 0.4) is 0 Å². The second kappa shape index (κ2) is 20.7. The molecule has 0 saturated heterocycles. The van der Waals surface area contributed by atoms with Crippen LogP contribution in [-0.2, 0) is 37.1 Å². The van der Waals surface area contributed by atoms with E-state index in [1.165, 1.54) is 46.2 Å². The van der Waals surface area contributed by atoms with Gasteiger partial charge in [-0.1, -0.05) is 119 Å². The predicted molar refractivity (Wildman–Crippen MR) is 192 cm³/mol. The zero-order valence-electron chi connectivity index (χ0n) is 28.4. The first-order chi connectivity index (χ1) is 22.8. The van der Waals surface area contributed by atoms with Crippen molar-refractivity contribution in [3.05, 3.63) is 136 Å². The number of para-hydroxylation sites is 1. The number of ether oxygens (including phenoxy) is 1. The van der Waals surface area contributed by atoms with Crippen LogP contribution in [0.25, 0.3) is 0 Å². The van der Waals surface area contributed by atoms with Crippen LogP contribution in [0.2, 0.25) is 0 Å². The van der Waals surface area contributed by atoms with E-state index in [2.05, 4.69) is 93.6 Å². The van der Waals surface area contributed by atoms with Crippen LogP contribution < -0.4 is 4.74 Å². The van der Waals surface area contributed by atoms with Gasteiger partial charge in [0.15, 0.2) is 0 Å². The third-order valence-electron chi connectivity index (χ3n) is 8.42. The molecule has 47 heavy (non-hydrogen) atoms. The lowest BCUT2D eigenvalue weighted by atomic mass is 9.83. The maximum Gasteiger partial charge on any atom is 0.335 e. The predicted octanol–water partition coefficient (Wildman–Crippen LogP) is 10.5. The van der Waals surface area contributed by atoms with Crippen molar-refractivity contribution in [2.24, 2.45) is 0 Å². The summed E-state index contributed by atoms with van der Waals surface area (Å²) in [6.07, 6.45) is 11.0. The summed E-state index contributed by atoms with van der Waals surface area (Å²) in [7, 11) is 0. The van der Waals surface area contributed by atoms with Gasteiger partial charge < -0.3 is 14.9 Å². The van der Waals surface area contributed by atoms with Gasteiger partial charge in [0.2, 0.25) is 0 Å². The molecule has 0 heterocycles. The number of unbranched alkanes of at least 4 members (excludes halogenated alkanes) is 2. The number of carboxylic acid groups (broad SMARTS) is 2. The number of hydrogen-bond acceptors (Lipinski definition) is 3. The maximum absolute atomic E-state index is 10.8. The van der Waals surface area contributed by atoms with E-state index in [1.807, 2.05) is 18.2 Å². The minimum Gasteiger partial charge on any atom is -0.489 e. The largest absolute Gasteiger partial charge is 0.489 e. The van der Waals surface area contributed by atoms with Crippen molar-refractivity contribution >= 4 is 11.9 Å². The summed E-state index contributed by atoms with van der Waals surface area (Å²) in [5.41, 5.74) is 8.26. The van der Waals surface area contributed by atoms with Gasteiger partial charge in [-0.15, -0.1) is 0 Å². The van der Waals surface area contributed by atoms with Crippen LogP contribution in [0.15, 0.2) is 97.1 Å². The molecule has 1 aliphatic carbocycles. The third kappa shape index (κ3) is 13.5. The fraction of sp³-hybridized carbons (Fsp3) is 0.381. The summed E-state index contributed by atoms with van der Waals surface area (Å²) in [6, 6.07) is 33.3. The maximum atomic E-state index is 10.8. The number of hydrogen-bond donors (Lipinski definition) is 2. The van der Waals surface area contributed by atoms with E-state index in [0.717, 1.165) is 57.1 Å². The van der Waals surface area contributed by atoms with E-state index in [9.17, 15) is 9.59 Å². The molecule has 0 amide bonds. The average Bonchev–Trinajstić information content (AvgIpc) is 3.08. The molecular weight excluding hydrogens is 584 g/mol. The Morgan fingerprint density at radius 2 is 1.45 bits per heavy atom. The number of aromatic carboxylic acids is 1. The third-order valence-corrected chi connectivity index (χ3v) is 8.42. The van der Waals surface area contributed by atoms with Gasteiger partial charge in [-0.25, -0.2) is 4.79 Å². The Hall–Kier alpha value is -4.38. The van der Waals surface area contributed by atoms with E-state index < -0.39 is 11.9 Å². The van der Waals surface area contributed by atoms with Gasteiger partial charge in [0.05, 0.1) is 5.56 Å². The first-order valence-electron chi connectivity index (χ1n) is 17.2. The minimum absolute atomic E-state index is 0.327. The molecule has 5 nitrogen and oxygen atoms in total. The van der Waals surface area contributed by atoms with Crippen molar-refractivity contribution in [1.29, 1.82) is 0 Å². The van der Waals surface area contributed by atoms with E-state index in [-0.39, 0.29) is 0 Å². The summed E-state index contributed by atoms with van der Waals surface area (Å²) in [6.45, 7) is 7.09. The normalized spacial score (nSPS) is 13.2. The lowest BCUT2D eigenvalue weighted by molar-refractivity contribution is -0.137. The Balaban J connectivity index is 0.000000228. The van der Waals surface area contributed by atoms with Gasteiger partial charge in [-0.2, -0.15) is 0 Å². The monoisotopic (exact) mass is 636 g/mol. The highest BCUT2D eigenvalue weighted by Gasteiger charge is 2.17. The smallest absolute Gasteiger partial charge is 0.335 e. The number of aliphatic carboxylic acids is 1. The standard InChI is InChI=1S/C24H26O.C12H14O2.C6H12O2/c1-2-9-23-14-6-7-15-24(23)25-19-22-13-8-12-21(18-22)17-16-20-10-4-3-5-11-20;1-8-3-2-4-9-7-10(12(13)14)5-6-11(8)9;1-2-3-4-5-6(7)8/h3-8,10-15,18H,2,9,16-17,19H2,1H3;5-8H,2-4H2,1H3,(H,13,14);2-5H2,1H3,(H,7,8). The van der Waals surface area contributed by atoms with Crippen molar-refractivity contribution in [2.45, 2.75) is 104 Å². The molecule has 5 rings (SSSR count). The zero-order chi connectivity index (χ0) is 33.9. The Morgan fingerprint density at radius 1 is 0.745 bits per heavy atom. The van der Waals surface area contributed by atoms with Gasteiger partial charge in [-0.05, 0) is 102 Å². The number of fused-ring (bicyclic) bond motifs is 1. The molecule has 4 aromatic rings. The highest BCUT2D eigenvalue weighted by Crippen LogP contribution is 2.31. The second-order valence-electron chi connectivity index (χ2n) is 12.3. The van der Waals surface area contributed by atoms with E-state index in [4.69, 9.17) is 14.9 Å².